The van der Waals surface area contributed by atoms with Crippen LogP contribution in [-0.4, -0.2) is 74.7 Å². The average Bonchev–Trinajstić information content (AvgIpc) is 3.42. The van der Waals surface area contributed by atoms with Crippen LogP contribution >= 0.6 is 0 Å². The van der Waals surface area contributed by atoms with Crippen LogP contribution in [0.25, 0.3) is 17.2 Å². The molecule has 2 aromatic heterocycles. The largest absolute Gasteiger partial charge is 0.383 e. The van der Waals surface area contributed by atoms with Crippen molar-refractivity contribution in [1.82, 2.24) is 29.5 Å². The zero-order chi connectivity index (χ0) is 28.3. The first-order valence-electron chi connectivity index (χ1n) is 13.0. The number of methoxy groups -OCH3 is 1. The molecule has 0 bridgehead atoms. The molecule has 0 radical (unpaired) electrons. The van der Waals surface area contributed by atoms with E-state index in [2.05, 4.69) is 15.1 Å². The Morgan fingerprint density at radius 1 is 0.975 bits per heavy atom. The van der Waals surface area contributed by atoms with Gasteiger partial charge in [0.05, 0.1) is 12.3 Å². The summed E-state index contributed by atoms with van der Waals surface area (Å²) in [7, 11) is 5.16. The maximum Gasteiger partial charge on any atom is 0.247 e. The molecule has 9 heteroatoms. The Labute approximate surface area is 234 Å². The molecule has 1 atom stereocenters. The molecule has 0 saturated heterocycles. The molecule has 4 rings (SSSR count). The summed E-state index contributed by atoms with van der Waals surface area (Å²) < 4.78 is 6.87. The smallest absolute Gasteiger partial charge is 0.247 e. The predicted octanol–water partition coefficient (Wildman–Crippen LogP) is 3.64. The van der Waals surface area contributed by atoms with Crippen LogP contribution in [0.2, 0.25) is 0 Å². The number of ether oxygens (including phenoxy) is 1. The number of carbonyl (C=O) groups excluding carboxylic acids is 2. The second-order valence-electron chi connectivity index (χ2n) is 9.50. The normalized spacial score (nSPS) is 11.9. The number of aromatic nitrogens is 4. The molecule has 0 N–H and O–H groups in total. The Morgan fingerprint density at radius 2 is 1.70 bits per heavy atom. The van der Waals surface area contributed by atoms with Crippen molar-refractivity contribution in [2.24, 2.45) is 7.05 Å². The van der Waals surface area contributed by atoms with Gasteiger partial charge < -0.3 is 14.5 Å². The van der Waals surface area contributed by atoms with Crippen molar-refractivity contribution in [2.75, 3.05) is 27.3 Å². The molecular weight excluding hydrogens is 504 g/mol. The fourth-order valence-electron chi connectivity index (χ4n) is 4.32. The minimum atomic E-state index is -0.729. The van der Waals surface area contributed by atoms with Crippen LogP contribution in [0, 0.1) is 0 Å². The summed E-state index contributed by atoms with van der Waals surface area (Å²) in [6, 6.07) is 18.7. The Kier molecular flexibility index (Phi) is 9.90. The molecule has 0 aliphatic carbocycles. The van der Waals surface area contributed by atoms with Crippen molar-refractivity contribution in [1.29, 1.82) is 0 Å². The monoisotopic (exact) mass is 538 g/mol. The van der Waals surface area contributed by atoms with Gasteiger partial charge in [0, 0.05) is 70.9 Å². The van der Waals surface area contributed by atoms with Gasteiger partial charge in [-0.15, -0.1) is 0 Å². The molecule has 0 aliphatic heterocycles. The van der Waals surface area contributed by atoms with Gasteiger partial charge in [0.1, 0.15) is 12.4 Å². The molecule has 2 aromatic carbocycles. The Morgan fingerprint density at radius 3 is 2.35 bits per heavy atom. The van der Waals surface area contributed by atoms with Gasteiger partial charge in [-0.2, -0.15) is 5.10 Å². The maximum absolute atomic E-state index is 13.8. The number of hydrogen-bond acceptors (Lipinski definition) is 6. The summed E-state index contributed by atoms with van der Waals surface area (Å²) in [4.78, 5) is 39.1. The third kappa shape index (κ3) is 7.70. The van der Waals surface area contributed by atoms with Crippen molar-refractivity contribution in [3.05, 3.63) is 108 Å². The van der Waals surface area contributed by atoms with Crippen LogP contribution in [0.5, 0.6) is 0 Å². The highest BCUT2D eigenvalue weighted by molar-refractivity contribution is 5.95. The molecule has 206 valence electrons. The predicted molar refractivity (Wildman–Crippen MR) is 154 cm³/mol. The Hall–Kier alpha value is -4.63. The molecule has 4 aromatic rings. The van der Waals surface area contributed by atoms with E-state index in [1.54, 1.807) is 47.1 Å². The lowest BCUT2D eigenvalue weighted by Gasteiger charge is -2.33. The van der Waals surface area contributed by atoms with Crippen LogP contribution in [-0.2, 0) is 34.3 Å². The van der Waals surface area contributed by atoms with E-state index in [0.717, 1.165) is 22.3 Å². The number of rotatable bonds is 12. The number of likely N-dealkylation sites (N-methyl/N-ethyl adjacent to an activating group) is 1. The summed E-state index contributed by atoms with van der Waals surface area (Å²) in [5, 5.41) is 4.33. The molecule has 9 nitrogen and oxygen atoms in total. The van der Waals surface area contributed by atoms with Gasteiger partial charge in [-0.25, -0.2) is 9.97 Å². The van der Waals surface area contributed by atoms with Crippen LogP contribution in [0.4, 0.5) is 0 Å². The van der Waals surface area contributed by atoms with E-state index in [4.69, 9.17) is 4.74 Å². The molecule has 0 unspecified atom stereocenters. The number of nitrogens with zero attached hydrogens (tertiary/aromatic N) is 6. The lowest BCUT2D eigenvalue weighted by atomic mass is 10.0. The molecule has 0 saturated carbocycles. The standard InChI is InChI=1S/C31H34N6O3/c1-35(17-18-40-3)31(39)29(19-24-7-5-4-6-8-24)37(30(38)14-13-28-15-16-36(2)34-28)22-25-9-11-26(12-10-25)27-20-32-23-33-21-27/h4-16,20-21,23,29H,17-19,22H2,1-3H3/t29-/m0/s1. The average molecular weight is 539 g/mol. The number of hydrogen-bond donors (Lipinski definition) is 0. The van der Waals surface area contributed by atoms with E-state index >= 15 is 0 Å². The molecule has 2 heterocycles. The van der Waals surface area contributed by atoms with E-state index in [1.807, 2.05) is 73.9 Å². The summed E-state index contributed by atoms with van der Waals surface area (Å²) in [5.41, 5.74) is 4.39. The topological polar surface area (TPSA) is 93.5 Å². The van der Waals surface area contributed by atoms with Crippen LogP contribution in [0.15, 0.2) is 91.7 Å². The summed E-state index contributed by atoms with van der Waals surface area (Å²) in [6.45, 7) is 1.07. The number of amides is 2. The van der Waals surface area contributed by atoms with Gasteiger partial charge in [0.15, 0.2) is 0 Å². The Bertz CT molecular complexity index is 1400. The van der Waals surface area contributed by atoms with E-state index in [-0.39, 0.29) is 18.4 Å². The van der Waals surface area contributed by atoms with Crippen molar-refractivity contribution in [3.8, 4) is 11.1 Å². The summed E-state index contributed by atoms with van der Waals surface area (Å²) >= 11 is 0. The minimum Gasteiger partial charge on any atom is -0.383 e. The third-order valence-corrected chi connectivity index (χ3v) is 6.55. The maximum atomic E-state index is 13.8. The van der Waals surface area contributed by atoms with E-state index in [9.17, 15) is 9.59 Å². The van der Waals surface area contributed by atoms with Crippen molar-refractivity contribution in [3.63, 3.8) is 0 Å². The highest BCUT2D eigenvalue weighted by atomic mass is 16.5. The highest BCUT2D eigenvalue weighted by Crippen LogP contribution is 2.21. The minimum absolute atomic E-state index is 0.154. The second-order valence-corrected chi connectivity index (χ2v) is 9.50. The van der Waals surface area contributed by atoms with Crippen molar-refractivity contribution < 1.29 is 14.3 Å². The molecule has 2 amide bonds. The van der Waals surface area contributed by atoms with Gasteiger partial charge in [0.25, 0.3) is 0 Å². The van der Waals surface area contributed by atoms with Gasteiger partial charge in [-0.1, -0.05) is 54.6 Å². The molecule has 0 fully saturated rings. The quantitative estimate of drug-likeness (QED) is 0.256. The second kappa shape index (κ2) is 14.0. The fourth-order valence-corrected chi connectivity index (χ4v) is 4.32. The van der Waals surface area contributed by atoms with E-state index in [0.29, 0.717) is 25.3 Å². The van der Waals surface area contributed by atoms with Gasteiger partial charge in [-0.3, -0.25) is 14.3 Å². The van der Waals surface area contributed by atoms with Gasteiger partial charge >= 0.3 is 0 Å². The van der Waals surface area contributed by atoms with Crippen LogP contribution < -0.4 is 0 Å². The first kappa shape index (κ1) is 28.4. The first-order valence-corrected chi connectivity index (χ1v) is 13.0. The summed E-state index contributed by atoms with van der Waals surface area (Å²) in [5.74, 6) is -0.431. The third-order valence-electron chi connectivity index (χ3n) is 6.55. The first-order chi connectivity index (χ1) is 19.4. The van der Waals surface area contributed by atoms with E-state index < -0.39 is 6.04 Å². The van der Waals surface area contributed by atoms with E-state index in [1.165, 1.54) is 12.4 Å². The van der Waals surface area contributed by atoms with Crippen LogP contribution in [0.1, 0.15) is 16.8 Å². The van der Waals surface area contributed by atoms with Crippen molar-refractivity contribution >= 4 is 17.9 Å². The fraction of sp³-hybridized carbons (Fsp3) is 0.258. The molecule has 40 heavy (non-hydrogen) atoms. The summed E-state index contributed by atoms with van der Waals surface area (Å²) in [6.07, 6.45) is 10.3. The number of aryl methyl sites for hydroxylation is 1. The lowest BCUT2D eigenvalue weighted by Crippen LogP contribution is -2.51. The zero-order valence-electron chi connectivity index (χ0n) is 23.1. The zero-order valence-corrected chi connectivity index (χ0v) is 23.1. The number of carbonyl (C=O) groups is 2. The van der Waals surface area contributed by atoms with Crippen LogP contribution in [0.3, 0.4) is 0 Å². The lowest BCUT2D eigenvalue weighted by molar-refractivity contribution is -0.143. The highest BCUT2D eigenvalue weighted by Gasteiger charge is 2.31. The Balaban J connectivity index is 1.67. The molecular formula is C31H34N6O3. The number of benzene rings is 2. The van der Waals surface area contributed by atoms with Gasteiger partial charge in [0.2, 0.25) is 11.8 Å². The molecule has 0 aliphatic rings. The SMILES string of the molecule is COCCN(C)C(=O)[C@H](Cc1ccccc1)N(Cc1ccc(-c2cncnc2)cc1)C(=O)C=Cc1ccn(C)n1. The molecule has 0 spiro atoms. The van der Waals surface area contributed by atoms with Gasteiger partial charge in [-0.05, 0) is 28.8 Å². The van der Waals surface area contributed by atoms with Crippen molar-refractivity contribution in [2.45, 2.75) is 19.0 Å².